The van der Waals surface area contributed by atoms with Crippen LogP contribution in [0.2, 0.25) is 0 Å². The molecule has 116 valence electrons. The van der Waals surface area contributed by atoms with Gasteiger partial charge in [-0.15, -0.1) is 16.9 Å². The second-order valence-corrected chi connectivity index (χ2v) is 7.11. The summed E-state index contributed by atoms with van der Waals surface area (Å²) in [5, 5.41) is 19.0. The molecule has 21 heavy (non-hydrogen) atoms. The Bertz CT molecular complexity index is 541. The van der Waals surface area contributed by atoms with Gasteiger partial charge in [-0.05, 0) is 26.7 Å². The Kier molecular flexibility index (Phi) is 4.52. The predicted molar refractivity (Wildman–Crippen MR) is 77.1 cm³/mol. The number of rotatable bonds is 7. The van der Waals surface area contributed by atoms with Crippen LogP contribution in [-0.2, 0) is 9.59 Å². The molecule has 1 aromatic heterocycles. The van der Waals surface area contributed by atoms with Crippen molar-refractivity contribution in [3.8, 4) is 0 Å². The molecule has 8 nitrogen and oxygen atoms in total. The topological polar surface area (TPSA) is 131 Å². The zero-order valence-corrected chi connectivity index (χ0v) is 12.6. The molecule has 0 unspecified atom stereocenters. The Labute approximate surface area is 125 Å². The highest BCUT2D eigenvalue weighted by Crippen LogP contribution is 2.39. The van der Waals surface area contributed by atoms with Crippen LogP contribution in [-0.4, -0.2) is 43.7 Å². The summed E-state index contributed by atoms with van der Waals surface area (Å²) in [7, 11) is 0. The number of thioether (sulfide) groups is 1. The third kappa shape index (κ3) is 4.18. The van der Waals surface area contributed by atoms with E-state index in [1.165, 1.54) is 0 Å². The van der Waals surface area contributed by atoms with E-state index < -0.39 is 16.8 Å². The molecule has 0 saturated heterocycles. The van der Waals surface area contributed by atoms with Crippen molar-refractivity contribution in [3.05, 3.63) is 5.89 Å². The van der Waals surface area contributed by atoms with Gasteiger partial charge in [0.25, 0.3) is 0 Å². The maximum absolute atomic E-state index is 11.8. The number of aliphatic carboxylic acids is 1. The van der Waals surface area contributed by atoms with Crippen LogP contribution in [0.5, 0.6) is 0 Å². The van der Waals surface area contributed by atoms with Crippen molar-refractivity contribution >= 4 is 29.7 Å². The molecule has 0 radical (unpaired) electrons. The summed E-state index contributed by atoms with van der Waals surface area (Å²) in [4.78, 5) is 22.7. The Balaban J connectivity index is 1.82. The van der Waals surface area contributed by atoms with Gasteiger partial charge in [-0.1, -0.05) is 5.10 Å². The number of carboxylic acid groups (broad SMARTS) is 1. The summed E-state index contributed by atoms with van der Waals surface area (Å²) in [5.41, 5.74) is 5.58. The third-order valence-corrected chi connectivity index (χ3v) is 4.61. The number of hydrogen-bond acceptors (Lipinski definition) is 7. The molecule has 9 heteroatoms. The van der Waals surface area contributed by atoms with Gasteiger partial charge in [0.15, 0.2) is 0 Å². The van der Waals surface area contributed by atoms with Gasteiger partial charge < -0.3 is 15.3 Å². The van der Waals surface area contributed by atoms with Gasteiger partial charge in [-0.3, -0.25) is 14.9 Å². The first kappa shape index (κ1) is 15.8. The highest BCUT2D eigenvalue weighted by atomic mass is 32.2. The van der Waals surface area contributed by atoms with Crippen molar-refractivity contribution in [1.29, 1.82) is 0 Å². The molecule has 2 rings (SSSR count). The number of nitrogens with zero attached hydrogens (tertiary/aromatic N) is 2. The normalized spacial score (nSPS) is 16.5. The molecule has 0 spiro atoms. The van der Waals surface area contributed by atoms with Crippen molar-refractivity contribution in [1.82, 2.24) is 10.2 Å². The molecule has 0 aromatic carbocycles. The molecule has 4 N–H and O–H groups in total. The number of carbonyl (C=O) groups excluding carboxylic acids is 1. The van der Waals surface area contributed by atoms with Gasteiger partial charge in [0, 0.05) is 10.7 Å². The predicted octanol–water partition coefficient (Wildman–Crippen LogP) is 0.809. The van der Waals surface area contributed by atoms with Gasteiger partial charge in [0.2, 0.25) is 11.8 Å². The van der Waals surface area contributed by atoms with E-state index in [-0.39, 0.29) is 17.7 Å². The van der Waals surface area contributed by atoms with Crippen molar-refractivity contribution < 1.29 is 19.1 Å². The van der Waals surface area contributed by atoms with Crippen molar-refractivity contribution in [3.63, 3.8) is 0 Å². The first-order valence-corrected chi connectivity index (χ1v) is 7.54. The van der Waals surface area contributed by atoms with E-state index in [0.717, 1.165) is 24.6 Å². The molecule has 1 aliphatic carbocycles. The Morgan fingerprint density at radius 3 is 2.76 bits per heavy atom. The average molecular weight is 314 g/mol. The molecule has 1 saturated carbocycles. The van der Waals surface area contributed by atoms with Crippen LogP contribution < -0.4 is 11.1 Å². The van der Waals surface area contributed by atoms with E-state index in [1.54, 1.807) is 13.8 Å². The minimum absolute atomic E-state index is 0.0507. The Hall–Kier alpha value is -1.61. The number of carbonyl (C=O) groups is 2. The zero-order valence-electron chi connectivity index (χ0n) is 11.8. The standard InChI is InChI=1S/C12H18N4O4S/c1-12(2,8(13)10(18)19)21-5-7(17)14-11-16-15-9(20-11)6-3-4-6/h6,8H,3-5,13H2,1-2H3,(H,18,19)(H,14,16,17)/t8-/m0/s1. The van der Waals surface area contributed by atoms with Crippen molar-refractivity contribution in [2.24, 2.45) is 5.73 Å². The lowest BCUT2D eigenvalue weighted by molar-refractivity contribution is -0.139. The van der Waals surface area contributed by atoms with E-state index >= 15 is 0 Å². The van der Waals surface area contributed by atoms with Crippen LogP contribution >= 0.6 is 11.8 Å². The summed E-state index contributed by atoms with van der Waals surface area (Å²) in [5.74, 6) is -0.512. The van der Waals surface area contributed by atoms with Crippen LogP contribution in [0.3, 0.4) is 0 Å². The lowest BCUT2D eigenvalue weighted by atomic mass is 10.1. The smallest absolute Gasteiger partial charge is 0.322 e. The summed E-state index contributed by atoms with van der Waals surface area (Å²) in [6.07, 6.45) is 2.07. The Morgan fingerprint density at radius 2 is 2.19 bits per heavy atom. The summed E-state index contributed by atoms with van der Waals surface area (Å²) < 4.78 is 4.55. The number of carboxylic acids is 1. The molecule has 0 aliphatic heterocycles. The lowest BCUT2D eigenvalue weighted by Crippen LogP contribution is -2.47. The molecule has 1 amide bonds. The van der Waals surface area contributed by atoms with E-state index in [4.69, 9.17) is 15.3 Å². The number of amides is 1. The maximum atomic E-state index is 11.8. The molecule has 1 fully saturated rings. The van der Waals surface area contributed by atoms with E-state index in [1.807, 2.05) is 0 Å². The fraction of sp³-hybridized carbons (Fsp3) is 0.667. The van der Waals surface area contributed by atoms with Crippen molar-refractivity contribution in [2.45, 2.75) is 43.4 Å². The van der Waals surface area contributed by atoms with Crippen LogP contribution in [0.1, 0.15) is 38.5 Å². The molecule has 1 aromatic rings. The second-order valence-electron chi connectivity index (χ2n) is 5.48. The van der Waals surface area contributed by atoms with Crippen molar-refractivity contribution in [2.75, 3.05) is 11.1 Å². The minimum atomic E-state index is -1.10. The molecule has 1 atom stereocenters. The van der Waals surface area contributed by atoms with Gasteiger partial charge in [-0.25, -0.2) is 0 Å². The quantitative estimate of drug-likeness (QED) is 0.673. The molecule has 0 bridgehead atoms. The van der Waals surface area contributed by atoms with E-state index in [0.29, 0.717) is 11.8 Å². The van der Waals surface area contributed by atoms with Gasteiger partial charge >= 0.3 is 12.0 Å². The van der Waals surface area contributed by atoms with E-state index in [9.17, 15) is 9.59 Å². The average Bonchev–Trinajstić information content (AvgIpc) is 3.16. The molecular formula is C12H18N4O4S. The largest absolute Gasteiger partial charge is 0.480 e. The number of aromatic nitrogens is 2. The number of anilines is 1. The third-order valence-electron chi connectivity index (χ3n) is 3.20. The van der Waals surface area contributed by atoms with Gasteiger partial charge in [-0.2, -0.15) is 0 Å². The lowest BCUT2D eigenvalue weighted by Gasteiger charge is -2.27. The van der Waals surface area contributed by atoms with Gasteiger partial charge in [0.05, 0.1) is 5.75 Å². The molecular weight excluding hydrogens is 296 g/mol. The molecule has 1 heterocycles. The second kappa shape index (κ2) is 6.02. The summed E-state index contributed by atoms with van der Waals surface area (Å²) >= 11 is 1.16. The number of nitrogens with one attached hydrogen (secondary N) is 1. The van der Waals surface area contributed by atoms with Crippen LogP contribution in [0, 0.1) is 0 Å². The number of hydrogen-bond donors (Lipinski definition) is 3. The summed E-state index contributed by atoms with van der Waals surface area (Å²) in [6.45, 7) is 3.36. The zero-order chi connectivity index (χ0) is 15.6. The monoisotopic (exact) mass is 314 g/mol. The van der Waals surface area contributed by atoms with Crippen LogP contribution in [0.15, 0.2) is 4.42 Å². The fourth-order valence-electron chi connectivity index (χ4n) is 1.57. The highest BCUT2D eigenvalue weighted by molar-refractivity contribution is 8.01. The summed E-state index contributed by atoms with van der Waals surface area (Å²) in [6, 6.07) is -0.983. The fourth-order valence-corrected chi connectivity index (χ4v) is 2.43. The molecule has 1 aliphatic rings. The highest BCUT2D eigenvalue weighted by Gasteiger charge is 2.33. The van der Waals surface area contributed by atoms with Gasteiger partial charge in [0.1, 0.15) is 6.04 Å². The SMILES string of the molecule is CC(C)(SCC(=O)Nc1nnc(C2CC2)o1)[C@@H](N)C(=O)O. The first-order valence-electron chi connectivity index (χ1n) is 6.55. The first-order chi connectivity index (χ1) is 9.79. The minimum Gasteiger partial charge on any atom is -0.480 e. The van der Waals surface area contributed by atoms with E-state index in [2.05, 4.69) is 15.5 Å². The van der Waals surface area contributed by atoms with Crippen LogP contribution in [0.25, 0.3) is 0 Å². The number of nitrogens with two attached hydrogens (primary N) is 1. The maximum Gasteiger partial charge on any atom is 0.322 e. The van der Waals surface area contributed by atoms with Crippen LogP contribution in [0.4, 0.5) is 6.01 Å². The Morgan fingerprint density at radius 1 is 1.52 bits per heavy atom.